The molecule has 0 aliphatic carbocycles. The van der Waals surface area contributed by atoms with Crippen LogP contribution < -0.4 is 0 Å². The molecule has 0 saturated carbocycles. The molecular weight excluding hydrogens is 240 g/mol. The van der Waals surface area contributed by atoms with Gasteiger partial charge in [0.25, 0.3) is 0 Å². The molecule has 2 rings (SSSR count). The van der Waals surface area contributed by atoms with E-state index in [2.05, 4.69) is 77.9 Å². The van der Waals surface area contributed by atoms with Gasteiger partial charge in [-0.05, 0) is 62.8 Å². The van der Waals surface area contributed by atoms with Gasteiger partial charge in [0, 0.05) is 0 Å². The van der Waals surface area contributed by atoms with Crippen LogP contribution >= 0.6 is 0 Å². The van der Waals surface area contributed by atoms with Crippen LogP contribution in [0, 0.1) is 27.7 Å². The van der Waals surface area contributed by atoms with E-state index in [0.717, 1.165) is 12.8 Å². The third-order valence-electron chi connectivity index (χ3n) is 3.76. The first-order valence-corrected chi connectivity index (χ1v) is 7.60. The summed E-state index contributed by atoms with van der Waals surface area (Å²) < 4.78 is 0. The van der Waals surface area contributed by atoms with Gasteiger partial charge in [0.2, 0.25) is 0 Å². The minimum absolute atomic E-state index is 1.14. The molecule has 0 atom stereocenters. The normalized spacial score (nSPS) is 9.90. The Labute approximate surface area is 124 Å². The van der Waals surface area contributed by atoms with Crippen LogP contribution in [0.3, 0.4) is 0 Å². The Morgan fingerprint density at radius 3 is 1.20 bits per heavy atom. The molecule has 2 aromatic rings. The zero-order chi connectivity index (χ0) is 15.1. The Balaban J connectivity index is 0.000000200. The van der Waals surface area contributed by atoms with Crippen LogP contribution in [0.15, 0.2) is 36.4 Å². The van der Waals surface area contributed by atoms with Gasteiger partial charge < -0.3 is 0 Å². The van der Waals surface area contributed by atoms with E-state index in [9.17, 15) is 0 Å². The zero-order valence-electron chi connectivity index (χ0n) is 13.9. The molecule has 0 radical (unpaired) electrons. The molecule has 0 N–H and O–H groups in total. The van der Waals surface area contributed by atoms with Crippen molar-refractivity contribution < 1.29 is 0 Å². The first-order valence-electron chi connectivity index (χ1n) is 7.60. The van der Waals surface area contributed by atoms with Crippen molar-refractivity contribution in [2.45, 2.75) is 54.4 Å². The molecule has 0 unspecified atom stereocenters. The Morgan fingerprint density at radius 1 is 0.600 bits per heavy atom. The number of aryl methyl sites for hydroxylation is 6. The molecule has 20 heavy (non-hydrogen) atoms. The smallest absolute Gasteiger partial charge is 0.0305 e. The molecule has 0 spiro atoms. The lowest BCUT2D eigenvalue weighted by atomic mass is 10.0. The monoisotopic (exact) mass is 268 g/mol. The van der Waals surface area contributed by atoms with Crippen molar-refractivity contribution in [1.29, 1.82) is 0 Å². The molecule has 0 aliphatic heterocycles. The first kappa shape index (κ1) is 16.5. The fraction of sp³-hybridized carbons (Fsp3) is 0.400. The second kappa shape index (κ2) is 7.89. The molecule has 0 fully saturated rings. The van der Waals surface area contributed by atoms with Crippen molar-refractivity contribution in [3.8, 4) is 0 Å². The van der Waals surface area contributed by atoms with Crippen molar-refractivity contribution in [1.82, 2.24) is 0 Å². The Morgan fingerprint density at radius 2 is 0.950 bits per heavy atom. The van der Waals surface area contributed by atoms with E-state index in [0.29, 0.717) is 0 Å². The van der Waals surface area contributed by atoms with E-state index in [-0.39, 0.29) is 0 Å². The summed E-state index contributed by atoms with van der Waals surface area (Å²) in [4.78, 5) is 0. The molecule has 0 aliphatic rings. The molecule has 0 aromatic heterocycles. The highest BCUT2D eigenvalue weighted by molar-refractivity contribution is 5.30. The quantitative estimate of drug-likeness (QED) is 0.652. The van der Waals surface area contributed by atoms with E-state index in [1.807, 2.05) is 0 Å². The van der Waals surface area contributed by atoms with Crippen LogP contribution in [-0.2, 0) is 12.8 Å². The minimum atomic E-state index is 1.14. The summed E-state index contributed by atoms with van der Waals surface area (Å²) in [5, 5.41) is 0. The van der Waals surface area contributed by atoms with E-state index < -0.39 is 0 Å². The predicted molar refractivity (Wildman–Crippen MR) is 90.6 cm³/mol. The molecule has 0 bridgehead atoms. The molecule has 0 nitrogen and oxygen atoms in total. The Kier molecular flexibility index (Phi) is 6.51. The summed E-state index contributed by atoms with van der Waals surface area (Å²) >= 11 is 0. The lowest BCUT2D eigenvalue weighted by Crippen LogP contribution is -1.85. The zero-order valence-corrected chi connectivity index (χ0v) is 13.9. The lowest BCUT2D eigenvalue weighted by Gasteiger charge is -2.02. The van der Waals surface area contributed by atoms with Gasteiger partial charge in [-0.1, -0.05) is 61.4 Å². The van der Waals surface area contributed by atoms with Gasteiger partial charge >= 0.3 is 0 Å². The van der Waals surface area contributed by atoms with Gasteiger partial charge in [0.1, 0.15) is 0 Å². The Hall–Kier alpha value is -1.56. The Bertz CT molecular complexity index is 498. The van der Waals surface area contributed by atoms with Crippen LogP contribution in [0.4, 0.5) is 0 Å². The number of rotatable bonds is 2. The second-order valence-electron chi connectivity index (χ2n) is 5.57. The standard InChI is InChI=1S/2C10H14/c2*1-4-10-6-5-8(2)7-9(10)3/h2*5-7H,4H2,1-3H3. The molecule has 108 valence electrons. The summed E-state index contributed by atoms with van der Waals surface area (Å²) in [6.45, 7) is 13.0. The first-order chi connectivity index (χ1) is 9.47. The average molecular weight is 268 g/mol. The average Bonchev–Trinajstić information content (AvgIpc) is 2.40. The maximum atomic E-state index is 2.23. The van der Waals surface area contributed by atoms with Crippen LogP contribution in [-0.4, -0.2) is 0 Å². The van der Waals surface area contributed by atoms with Crippen LogP contribution in [0.1, 0.15) is 47.2 Å². The molecule has 0 heterocycles. The van der Waals surface area contributed by atoms with E-state index in [1.54, 1.807) is 0 Å². The SMILES string of the molecule is CCc1ccc(C)cc1C.CCc1ccc(C)cc1C. The van der Waals surface area contributed by atoms with Crippen molar-refractivity contribution in [3.05, 3.63) is 69.8 Å². The predicted octanol–water partition coefficient (Wildman–Crippen LogP) is 5.73. The third-order valence-corrected chi connectivity index (χ3v) is 3.76. The fourth-order valence-electron chi connectivity index (χ4n) is 2.48. The molecule has 0 saturated heterocycles. The molecule has 0 heteroatoms. The van der Waals surface area contributed by atoms with Gasteiger partial charge in [-0.25, -0.2) is 0 Å². The van der Waals surface area contributed by atoms with Gasteiger partial charge in [-0.3, -0.25) is 0 Å². The van der Waals surface area contributed by atoms with Gasteiger partial charge in [0.05, 0.1) is 0 Å². The second-order valence-corrected chi connectivity index (χ2v) is 5.57. The van der Waals surface area contributed by atoms with Gasteiger partial charge in [-0.15, -0.1) is 0 Å². The number of hydrogen-bond acceptors (Lipinski definition) is 0. The number of hydrogen-bond donors (Lipinski definition) is 0. The van der Waals surface area contributed by atoms with Crippen molar-refractivity contribution >= 4 is 0 Å². The van der Waals surface area contributed by atoms with Crippen LogP contribution in [0.25, 0.3) is 0 Å². The van der Waals surface area contributed by atoms with Crippen molar-refractivity contribution in [2.75, 3.05) is 0 Å². The maximum absolute atomic E-state index is 2.23. The topological polar surface area (TPSA) is 0 Å². The van der Waals surface area contributed by atoms with E-state index >= 15 is 0 Å². The van der Waals surface area contributed by atoms with Crippen molar-refractivity contribution in [2.24, 2.45) is 0 Å². The summed E-state index contributed by atoms with van der Waals surface area (Å²) in [5.41, 5.74) is 8.48. The summed E-state index contributed by atoms with van der Waals surface area (Å²) in [7, 11) is 0. The molecule has 0 amide bonds. The van der Waals surface area contributed by atoms with Crippen LogP contribution in [0.5, 0.6) is 0 Å². The highest BCUT2D eigenvalue weighted by Crippen LogP contribution is 2.10. The van der Waals surface area contributed by atoms with Gasteiger partial charge in [0.15, 0.2) is 0 Å². The van der Waals surface area contributed by atoms with Gasteiger partial charge in [-0.2, -0.15) is 0 Å². The van der Waals surface area contributed by atoms with Crippen LogP contribution in [0.2, 0.25) is 0 Å². The molecular formula is C20H28. The van der Waals surface area contributed by atoms with E-state index in [1.165, 1.54) is 33.4 Å². The highest BCUT2D eigenvalue weighted by atomic mass is 14.0. The summed E-state index contributed by atoms with van der Waals surface area (Å²) in [5.74, 6) is 0. The fourth-order valence-corrected chi connectivity index (χ4v) is 2.48. The number of benzene rings is 2. The molecule has 2 aromatic carbocycles. The minimum Gasteiger partial charge on any atom is -0.0613 e. The largest absolute Gasteiger partial charge is 0.0613 e. The lowest BCUT2D eigenvalue weighted by molar-refractivity contribution is 1.10. The third kappa shape index (κ3) is 4.85. The van der Waals surface area contributed by atoms with E-state index in [4.69, 9.17) is 0 Å². The highest BCUT2D eigenvalue weighted by Gasteiger charge is 1.94. The summed E-state index contributed by atoms with van der Waals surface area (Å²) in [6.07, 6.45) is 2.29. The summed E-state index contributed by atoms with van der Waals surface area (Å²) in [6, 6.07) is 13.2. The van der Waals surface area contributed by atoms with Crippen molar-refractivity contribution in [3.63, 3.8) is 0 Å². The maximum Gasteiger partial charge on any atom is -0.0305 e.